The normalized spacial score (nSPS) is 20.5. The van der Waals surface area contributed by atoms with Gasteiger partial charge in [0.2, 0.25) is 5.91 Å². The number of carbonyl (C=O) groups is 1. The van der Waals surface area contributed by atoms with E-state index in [2.05, 4.69) is 10.4 Å². The molecule has 1 unspecified atom stereocenters. The standard InChI is InChI=1S/C20H28N6O3/c1-24-14-16(12-23-24)26-9-8-25(15-19(26)27)20(22-13-18-5-3-11-29-18)21-7-6-17-4-2-10-28-17/h2,4,10,12,14,18H,3,5-9,11,13,15H2,1H3,(H,21,22). The highest BCUT2D eigenvalue weighted by Crippen LogP contribution is 2.17. The SMILES string of the molecule is Cn1cc(N2CCN(C(=NCC3CCCO3)NCCc3ccco3)CC2=O)cn1. The Bertz CT molecular complexity index is 825. The zero-order valence-electron chi connectivity index (χ0n) is 16.8. The molecule has 156 valence electrons. The van der Waals surface area contributed by atoms with Crippen LogP contribution >= 0.6 is 0 Å². The van der Waals surface area contributed by atoms with Crippen LogP contribution in [0.1, 0.15) is 18.6 Å². The van der Waals surface area contributed by atoms with Crippen LogP contribution in [0.15, 0.2) is 40.2 Å². The third-order valence-corrected chi connectivity index (χ3v) is 5.23. The lowest BCUT2D eigenvalue weighted by atomic mass is 10.2. The number of nitrogens with zero attached hydrogens (tertiary/aromatic N) is 5. The smallest absolute Gasteiger partial charge is 0.246 e. The summed E-state index contributed by atoms with van der Waals surface area (Å²) < 4.78 is 12.8. The number of furan rings is 1. The van der Waals surface area contributed by atoms with Crippen molar-refractivity contribution >= 4 is 17.6 Å². The summed E-state index contributed by atoms with van der Waals surface area (Å²) in [5, 5.41) is 7.57. The van der Waals surface area contributed by atoms with Crippen LogP contribution in [0.5, 0.6) is 0 Å². The van der Waals surface area contributed by atoms with Crippen LogP contribution in [0.4, 0.5) is 5.69 Å². The number of anilines is 1. The van der Waals surface area contributed by atoms with Crippen LogP contribution in [0, 0.1) is 0 Å². The van der Waals surface area contributed by atoms with Gasteiger partial charge in [-0.25, -0.2) is 0 Å². The second-order valence-electron chi connectivity index (χ2n) is 7.39. The Kier molecular flexibility index (Phi) is 6.14. The summed E-state index contributed by atoms with van der Waals surface area (Å²) in [6.45, 7) is 3.70. The molecule has 4 heterocycles. The fourth-order valence-electron chi connectivity index (χ4n) is 3.67. The van der Waals surface area contributed by atoms with Crippen molar-refractivity contribution in [2.45, 2.75) is 25.4 Å². The molecule has 1 atom stereocenters. The monoisotopic (exact) mass is 400 g/mol. The van der Waals surface area contributed by atoms with Gasteiger partial charge >= 0.3 is 0 Å². The number of aryl methyl sites for hydroxylation is 1. The van der Waals surface area contributed by atoms with Crippen molar-refractivity contribution in [3.05, 3.63) is 36.5 Å². The van der Waals surface area contributed by atoms with Crippen molar-refractivity contribution in [3.63, 3.8) is 0 Å². The van der Waals surface area contributed by atoms with Crippen molar-refractivity contribution in [2.24, 2.45) is 12.0 Å². The molecular formula is C20H28N6O3. The first kappa shape index (κ1) is 19.5. The summed E-state index contributed by atoms with van der Waals surface area (Å²) in [6.07, 6.45) is 8.32. The van der Waals surface area contributed by atoms with E-state index in [9.17, 15) is 4.79 Å². The van der Waals surface area contributed by atoms with Gasteiger partial charge in [0.25, 0.3) is 0 Å². The second-order valence-corrected chi connectivity index (χ2v) is 7.39. The molecule has 0 aliphatic carbocycles. The van der Waals surface area contributed by atoms with E-state index < -0.39 is 0 Å². The molecule has 0 saturated carbocycles. The van der Waals surface area contributed by atoms with Crippen LogP contribution in [-0.2, 0) is 23.0 Å². The fraction of sp³-hybridized carbons (Fsp3) is 0.550. The Morgan fingerprint density at radius 3 is 3.03 bits per heavy atom. The largest absolute Gasteiger partial charge is 0.469 e. The number of aliphatic imine (C=N–C) groups is 1. The highest BCUT2D eigenvalue weighted by molar-refractivity contribution is 5.98. The lowest BCUT2D eigenvalue weighted by molar-refractivity contribution is -0.120. The van der Waals surface area contributed by atoms with Crippen molar-refractivity contribution in [2.75, 3.05) is 44.2 Å². The van der Waals surface area contributed by atoms with Crippen LogP contribution in [-0.4, -0.2) is 72.0 Å². The number of hydrogen-bond acceptors (Lipinski definition) is 5. The van der Waals surface area contributed by atoms with Gasteiger partial charge in [-0.1, -0.05) is 0 Å². The lowest BCUT2D eigenvalue weighted by Gasteiger charge is -2.35. The van der Waals surface area contributed by atoms with Gasteiger partial charge in [0, 0.05) is 45.9 Å². The molecule has 29 heavy (non-hydrogen) atoms. The Labute approximate surface area is 170 Å². The van der Waals surface area contributed by atoms with Crippen molar-refractivity contribution in [1.82, 2.24) is 20.0 Å². The van der Waals surface area contributed by atoms with E-state index in [1.165, 1.54) is 0 Å². The van der Waals surface area contributed by atoms with Gasteiger partial charge < -0.3 is 24.3 Å². The molecule has 0 bridgehead atoms. The number of piperazine rings is 1. The molecule has 2 aromatic rings. The van der Waals surface area contributed by atoms with E-state index in [4.69, 9.17) is 14.1 Å². The quantitative estimate of drug-likeness (QED) is 0.576. The molecule has 1 N–H and O–H groups in total. The number of guanidine groups is 1. The van der Waals surface area contributed by atoms with Gasteiger partial charge in [-0.2, -0.15) is 5.10 Å². The first-order valence-electron chi connectivity index (χ1n) is 10.2. The number of ether oxygens (including phenoxy) is 1. The fourth-order valence-corrected chi connectivity index (χ4v) is 3.67. The first-order valence-corrected chi connectivity index (χ1v) is 10.2. The number of rotatable bonds is 6. The maximum absolute atomic E-state index is 12.8. The summed E-state index contributed by atoms with van der Waals surface area (Å²) in [5.74, 6) is 1.72. The predicted octanol–water partition coefficient (Wildman–Crippen LogP) is 1.03. The second kappa shape index (κ2) is 9.13. The van der Waals surface area contributed by atoms with E-state index in [1.807, 2.05) is 30.3 Å². The number of hydrogen-bond donors (Lipinski definition) is 1. The Balaban J connectivity index is 1.39. The van der Waals surface area contributed by atoms with Gasteiger partial charge in [-0.3, -0.25) is 14.5 Å². The van der Waals surface area contributed by atoms with Crippen LogP contribution in [0.3, 0.4) is 0 Å². The first-order chi connectivity index (χ1) is 14.2. The highest BCUT2D eigenvalue weighted by Gasteiger charge is 2.28. The molecule has 2 aliphatic heterocycles. The number of nitrogens with one attached hydrogen (secondary N) is 1. The molecule has 9 nitrogen and oxygen atoms in total. The summed E-state index contributed by atoms with van der Waals surface area (Å²) in [6, 6.07) is 3.85. The Morgan fingerprint density at radius 2 is 2.34 bits per heavy atom. The van der Waals surface area contributed by atoms with Crippen LogP contribution < -0.4 is 10.2 Å². The van der Waals surface area contributed by atoms with E-state index in [-0.39, 0.29) is 18.6 Å². The molecule has 1 amide bonds. The minimum atomic E-state index is 0.0434. The van der Waals surface area contributed by atoms with E-state index >= 15 is 0 Å². The molecule has 4 rings (SSSR count). The van der Waals surface area contributed by atoms with Gasteiger partial charge in [0.15, 0.2) is 5.96 Å². The van der Waals surface area contributed by atoms with Gasteiger partial charge in [0.05, 0.1) is 30.8 Å². The van der Waals surface area contributed by atoms with Gasteiger partial charge in [-0.15, -0.1) is 0 Å². The summed E-state index contributed by atoms with van der Waals surface area (Å²) in [5.41, 5.74) is 0.834. The molecule has 2 aliphatic rings. The van der Waals surface area contributed by atoms with Gasteiger partial charge in [-0.05, 0) is 25.0 Å². The maximum atomic E-state index is 12.8. The zero-order valence-corrected chi connectivity index (χ0v) is 16.8. The average molecular weight is 400 g/mol. The zero-order chi connectivity index (χ0) is 20.1. The lowest BCUT2D eigenvalue weighted by Crippen LogP contribution is -2.55. The summed E-state index contributed by atoms with van der Waals surface area (Å²) >= 11 is 0. The highest BCUT2D eigenvalue weighted by atomic mass is 16.5. The van der Waals surface area contributed by atoms with Crippen molar-refractivity contribution < 1.29 is 13.9 Å². The average Bonchev–Trinajstić information content (AvgIpc) is 3.47. The van der Waals surface area contributed by atoms with Crippen LogP contribution in [0.25, 0.3) is 0 Å². The van der Waals surface area contributed by atoms with Crippen LogP contribution in [0.2, 0.25) is 0 Å². The minimum Gasteiger partial charge on any atom is -0.469 e. The third-order valence-electron chi connectivity index (χ3n) is 5.23. The molecule has 0 aromatic carbocycles. The van der Waals surface area contributed by atoms with E-state index in [0.29, 0.717) is 26.2 Å². The molecule has 2 fully saturated rings. The topological polar surface area (TPSA) is 88.1 Å². The Hall–Kier alpha value is -2.81. The molecular weight excluding hydrogens is 372 g/mol. The van der Waals surface area contributed by atoms with Crippen molar-refractivity contribution in [1.29, 1.82) is 0 Å². The molecule has 0 spiro atoms. The van der Waals surface area contributed by atoms with Crippen molar-refractivity contribution in [3.8, 4) is 0 Å². The maximum Gasteiger partial charge on any atom is 0.246 e. The van der Waals surface area contributed by atoms with E-state index in [0.717, 1.165) is 43.3 Å². The summed E-state index contributed by atoms with van der Waals surface area (Å²) in [7, 11) is 1.85. The third kappa shape index (κ3) is 4.97. The van der Waals surface area contributed by atoms with Gasteiger partial charge in [0.1, 0.15) is 12.3 Å². The molecule has 2 aromatic heterocycles. The summed E-state index contributed by atoms with van der Waals surface area (Å²) in [4.78, 5) is 21.3. The Morgan fingerprint density at radius 1 is 1.41 bits per heavy atom. The molecule has 0 radical (unpaired) electrons. The van der Waals surface area contributed by atoms with E-state index in [1.54, 1.807) is 22.0 Å². The predicted molar refractivity (Wildman–Crippen MR) is 109 cm³/mol. The molecule has 9 heteroatoms. The minimum absolute atomic E-state index is 0.0434. The number of aromatic nitrogens is 2. The molecule has 2 saturated heterocycles. The number of amides is 1. The number of carbonyl (C=O) groups excluding carboxylic acids is 1.